The van der Waals surface area contributed by atoms with Crippen LogP contribution in [0.3, 0.4) is 0 Å². The summed E-state index contributed by atoms with van der Waals surface area (Å²) in [5, 5.41) is 0.752. The van der Waals surface area contributed by atoms with E-state index in [1.807, 2.05) is 38.1 Å². The summed E-state index contributed by atoms with van der Waals surface area (Å²) in [5.41, 5.74) is 1.47. The highest BCUT2D eigenvalue weighted by molar-refractivity contribution is 5.95. The van der Waals surface area contributed by atoms with E-state index in [9.17, 15) is 9.59 Å². The maximum Gasteiger partial charge on any atom is 0.308 e. The molecular weight excluding hydrogens is 400 g/mol. The van der Waals surface area contributed by atoms with E-state index < -0.39 is 17.5 Å². The molecule has 7 nitrogen and oxygen atoms in total. The Bertz CT molecular complexity index is 1230. The first kappa shape index (κ1) is 20.5. The average Bonchev–Trinajstić information content (AvgIpc) is 3.07. The van der Waals surface area contributed by atoms with Gasteiger partial charge in [-0.1, -0.05) is 0 Å². The van der Waals surface area contributed by atoms with Crippen LogP contribution in [0.15, 0.2) is 40.8 Å². The Morgan fingerprint density at radius 2 is 1.74 bits per heavy atom. The second-order valence-corrected chi connectivity index (χ2v) is 7.73. The molecule has 7 heteroatoms. The molecule has 0 saturated carbocycles. The first-order valence-corrected chi connectivity index (χ1v) is 9.71. The van der Waals surface area contributed by atoms with Crippen LogP contribution in [0, 0.1) is 0 Å². The van der Waals surface area contributed by atoms with E-state index >= 15 is 0 Å². The van der Waals surface area contributed by atoms with Gasteiger partial charge in [-0.2, -0.15) is 0 Å². The molecule has 0 spiro atoms. The number of carbonyl (C=O) groups is 2. The number of furan rings is 1. The van der Waals surface area contributed by atoms with Crippen LogP contribution in [0.2, 0.25) is 0 Å². The quantitative estimate of drug-likeness (QED) is 0.425. The van der Waals surface area contributed by atoms with Gasteiger partial charge in [-0.25, -0.2) is 0 Å². The van der Waals surface area contributed by atoms with Crippen molar-refractivity contribution in [1.29, 1.82) is 0 Å². The molecule has 4 rings (SSSR count). The van der Waals surface area contributed by atoms with Crippen molar-refractivity contribution in [3.05, 3.63) is 42.0 Å². The minimum absolute atomic E-state index is 0.214. The molecule has 160 valence electrons. The van der Waals surface area contributed by atoms with Crippen molar-refractivity contribution in [3.8, 4) is 34.3 Å². The molecule has 0 fully saturated rings. The number of methoxy groups -OCH3 is 1. The molecule has 2 aromatic carbocycles. The van der Waals surface area contributed by atoms with Gasteiger partial charge in [0.2, 0.25) is 0 Å². The third-order valence-electron chi connectivity index (χ3n) is 4.74. The molecule has 0 bridgehead atoms. The van der Waals surface area contributed by atoms with Crippen LogP contribution < -0.4 is 18.9 Å². The molecule has 0 N–H and O–H groups in total. The summed E-state index contributed by atoms with van der Waals surface area (Å²) in [6.07, 6.45) is 3.94. The van der Waals surface area contributed by atoms with Crippen molar-refractivity contribution in [3.63, 3.8) is 0 Å². The van der Waals surface area contributed by atoms with Gasteiger partial charge < -0.3 is 23.4 Å². The Labute approximate surface area is 179 Å². The summed E-state index contributed by atoms with van der Waals surface area (Å²) < 4.78 is 28.3. The van der Waals surface area contributed by atoms with E-state index in [-0.39, 0.29) is 11.5 Å². The number of esters is 2. The first-order chi connectivity index (χ1) is 14.7. The van der Waals surface area contributed by atoms with Crippen molar-refractivity contribution in [2.45, 2.75) is 33.3 Å². The average molecular weight is 422 g/mol. The van der Waals surface area contributed by atoms with Gasteiger partial charge in [0.1, 0.15) is 39.9 Å². The second-order valence-electron chi connectivity index (χ2n) is 7.73. The molecule has 0 aliphatic carbocycles. The number of hydrogen-bond acceptors (Lipinski definition) is 7. The van der Waals surface area contributed by atoms with Crippen LogP contribution >= 0.6 is 0 Å². The zero-order valence-electron chi connectivity index (χ0n) is 17.9. The topological polar surface area (TPSA) is 84.2 Å². The van der Waals surface area contributed by atoms with Crippen LogP contribution in [0.5, 0.6) is 23.0 Å². The normalized spacial score (nSPS) is 14.0. The van der Waals surface area contributed by atoms with Gasteiger partial charge in [0.05, 0.1) is 23.6 Å². The van der Waals surface area contributed by atoms with Crippen molar-refractivity contribution in [2.75, 3.05) is 7.11 Å². The minimum Gasteiger partial charge on any atom is -0.495 e. The van der Waals surface area contributed by atoms with Crippen molar-refractivity contribution >= 4 is 29.0 Å². The SMILES string of the molecule is COc1c2c(cc3oc(-c4ccc(OC(C)=O)cc4OC(C)=O)cc13)OC(C)(C)C=C2. The van der Waals surface area contributed by atoms with Gasteiger partial charge in [0, 0.05) is 26.0 Å². The lowest BCUT2D eigenvalue weighted by Crippen LogP contribution is -2.27. The van der Waals surface area contributed by atoms with Gasteiger partial charge in [-0.3, -0.25) is 9.59 Å². The van der Waals surface area contributed by atoms with E-state index in [1.165, 1.54) is 19.9 Å². The number of rotatable bonds is 4. The maximum atomic E-state index is 11.6. The van der Waals surface area contributed by atoms with Gasteiger partial charge in [-0.15, -0.1) is 0 Å². The molecule has 1 aliphatic rings. The fraction of sp³-hybridized carbons (Fsp3) is 0.250. The third kappa shape index (κ3) is 3.99. The first-order valence-electron chi connectivity index (χ1n) is 9.71. The summed E-state index contributed by atoms with van der Waals surface area (Å²) >= 11 is 0. The zero-order chi connectivity index (χ0) is 22.3. The largest absolute Gasteiger partial charge is 0.495 e. The summed E-state index contributed by atoms with van der Waals surface area (Å²) in [7, 11) is 1.59. The second kappa shape index (κ2) is 7.50. The Hall–Kier alpha value is -3.74. The maximum absolute atomic E-state index is 11.6. The van der Waals surface area contributed by atoms with Crippen LogP contribution in [0.25, 0.3) is 28.4 Å². The minimum atomic E-state index is -0.508. The Balaban J connectivity index is 1.86. The molecule has 0 amide bonds. The standard InChI is InChI=1S/C24H22O7/c1-13(25)28-15-6-7-16(19(10-15)29-14(2)26)20-11-18-21(30-20)12-22-17(23(18)27-5)8-9-24(3,4)31-22/h6-12H,1-5H3. The van der Waals surface area contributed by atoms with Crippen LogP contribution in [0.1, 0.15) is 33.3 Å². The lowest BCUT2D eigenvalue weighted by Gasteiger charge is -2.28. The fourth-order valence-corrected chi connectivity index (χ4v) is 3.51. The summed E-state index contributed by atoms with van der Waals surface area (Å²) in [6, 6.07) is 8.38. The highest BCUT2D eigenvalue weighted by Crippen LogP contribution is 2.45. The molecule has 0 radical (unpaired) electrons. The molecule has 0 unspecified atom stereocenters. The molecule has 31 heavy (non-hydrogen) atoms. The Kier molecular flexibility index (Phi) is 4.97. The number of benzene rings is 2. The van der Waals surface area contributed by atoms with E-state index in [0.29, 0.717) is 28.4 Å². The Morgan fingerprint density at radius 1 is 1.00 bits per heavy atom. The highest BCUT2D eigenvalue weighted by atomic mass is 16.5. The lowest BCUT2D eigenvalue weighted by atomic mass is 10.00. The number of carbonyl (C=O) groups excluding carboxylic acids is 2. The van der Waals surface area contributed by atoms with Gasteiger partial charge in [0.25, 0.3) is 0 Å². The van der Waals surface area contributed by atoms with Crippen LogP contribution in [-0.2, 0) is 9.59 Å². The summed E-state index contributed by atoms with van der Waals surface area (Å²) in [4.78, 5) is 22.9. The fourth-order valence-electron chi connectivity index (χ4n) is 3.51. The summed E-state index contributed by atoms with van der Waals surface area (Å²) in [5.74, 6) is 1.24. The predicted octanol–water partition coefficient (Wildman–Crippen LogP) is 5.14. The molecule has 0 saturated heterocycles. The smallest absolute Gasteiger partial charge is 0.308 e. The van der Waals surface area contributed by atoms with E-state index in [1.54, 1.807) is 19.2 Å². The molecule has 0 atom stereocenters. The number of fused-ring (bicyclic) bond motifs is 2. The van der Waals surface area contributed by atoms with Gasteiger partial charge in [0.15, 0.2) is 0 Å². The summed E-state index contributed by atoms with van der Waals surface area (Å²) in [6.45, 7) is 6.52. The number of ether oxygens (including phenoxy) is 4. The van der Waals surface area contributed by atoms with Crippen molar-refractivity contribution in [1.82, 2.24) is 0 Å². The van der Waals surface area contributed by atoms with E-state index in [2.05, 4.69) is 0 Å². The molecule has 3 aromatic rings. The molecule has 1 aliphatic heterocycles. The molecule has 2 heterocycles. The predicted molar refractivity (Wildman–Crippen MR) is 115 cm³/mol. The monoisotopic (exact) mass is 422 g/mol. The van der Waals surface area contributed by atoms with E-state index in [0.717, 1.165) is 10.9 Å². The highest BCUT2D eigenvalue weighted by Gasteiger charge is 2.27. The third-order valence-corrected chi connectivity index (χ3v) is 4.74. The molecule has 1 aromatic heterocycles. The van der Waals surface area contributed by atoms with Crippen molar-refractivity contribution in [2.24, 2.45) is 0 Å². The van der Waals surface area contributed by atoms with Gasteiger partial charge in [-0.05, 0) is 44.2 Å². The van der Waals surface area contributed by atoms with Crippen molar-refractivity contribution < 1.29 is 33.0 Å². The lowest BCUT2D eigenvalue weighted by molar-refractivity contribution is -0.132. The number of hydrogen-bond donors (Lipinski definition) is 0. The Morgan fingerprint density at radius 3 is 2.42 bits per heavy atom. The van der Waals surface area contributed by atoms with E-state index in [4.69, 9.17) is 23.4 Å². The van der Waals surface area contributed by atoms with Gasteiger partial charge >= 0.3 is 11.9 Å². The van der Waals surface area contributed by atoms with Crippen LogP contribution in [-0.4, -0.2) is 24.6 Å². The zero-order valence-corrected chi connectivity index (χ0v) is 17.9. The molecular formula is C24H22O7. The van der Waals surface area contributed by atoms with Crippen LogP contribution in [0.4, 0.5) is 0 Å².